The van der Waals surface area contributed by atoms with Crippen molar-refractivity contribution >= 4 is 34.2 Å². The number of amides is 2. The molecule has 8 heteroatoms. The van der Waals surface area contributed by atoms with Crippen LogP contribution in [0, 0.1) is 0 Å². The summed E-state index contributed by atoms with van der Waals surface area (Å²) in [5.74, 6) is -0.0212. The number of benzene rings is 2. The van der Waals surface area contributed by atoms with Gasteiger partial charge in [-0.3, -0.25) is 9.59 Å². The number of carbonyl (C=O) groups excluding carboxylic acids is 2. The van der Waals surface area contributed by atoms with Gasteiger partial charge in [0.15, 0.2) is 0 Å². The standard InChI is InChI=1S/C25H24N4O4/c1-28(2)23(30)21-14-18-11-10-17(13-20(18)26-21)19-9-6-12-29(15-19)24(31)25-32-22(27-33-25)16-7-4-3-5-8-16/h3-5,7-11,13-14,25-26H,6,12,15H2,1-2H3. The van der Waals surface area contributed by atoms with Gasteiger partial charge in [-0.2, -0.15) is 0 Å². The van der Waals surface area contributed by atoms with Crippen molar-refractivity contribution in [2.45, 2.75) is 12.7 Å². The largest absolute Gasteiger partial charge is 0.424 e. The Balaban J connectivity index is 1.29. The Morgan fingerprint density at radius 2 is 1.91 bits per heavy atom. The molecular formula is C25H24N4O4. The van der Waals surface area contributed by atoms with E-state index in [0.29, 0.717) is 24.7 Å². The van der Waals surface area contributed by atoms with Gasteiger partial charge in [0.1, 0.15) is 5.69 Å². The highest BCUT2D eigenvalue weighted by Gasteiger charge is 2.35. The van der Waals surface area contributed by atoms with Crippen LogP contribution in [-0.4, -0.2) is 66.0 Å². The van der Waals surface area contributed by atoms with Gasteiger partial charge in [-0.05, 0) is 47.0 Å². The molecule has 3 aromatic rings. The normalized spacial score (nSPS) is 17.8. The number of nitrogens with one attached hydrogen (secondary N) is 1. The van der Waals surface area contributed by atoms with Crippen molar-refractivity contribution in [1.29, 1.82) is 0 Å². The molecule has 0 bridgehead atoms. The first-order valence-corrected chi connectivity index (χ1v) is 10.8. The van der Waals surface area contributed by atoms with Crippen molar-refractivity contribution in [1.82, 2.24) is 14.8 Å². The monoisotopic (exact) mass is 444 g/mol. The van der Waals surface area contributed by atoms with E-state index in [4.69, 9.17) is 9.57 Å². The number of oxime groups is 1. The van der Waals surface area contributed by atoms with E-state index in [1.165, 1.54) is 0 Å². The number of fused-ring (bicyclic) bond motifs is 1. The summed E-state index contributed by atoms with van der Waals surface area (Å²) in [6.07, 6.45) is 1.79. The van der Waals surface area contributed by atoms with Crippen LogP contribution in [0.2, 0.25) is 0 Å². The number of hydrogen-bond acceptors (Lipinski definition) is 5. The van der Waals surface area contributed by atoms with E-state index in [2.05, 4.69) is 16.2 Å². The average Bonchev–Trinajstić information content (AvgIpc) is 3.51. The summed E-state index contributed by atoms with van der Waals surface area (Å²) in [6.45, 7) is 1.02. The third-order valence-corrected chi connectivity index (χ3v) is 5.76. The molecule has 168 valence electrons. The zero-order chi connectivity index (χ0) is 22.9. The maximum atomic E-state index is 13.0. The summed E-state index contributed by atoms with van der Waals surface area (Å²) in [5, 5.41) is 4.91. The van der Waals surface area contributed by atoms with Crippen molar-refractivity contribution in [3.8, 4) is 0 Å². The van der Waals surface area contributed by atoms with Crippen LogP contribution >= 0.6 is 0 Å². The van der Waals surface area contributed by atoms with Crippen LogP contribution in [0.3, 0.4) is 0 Å². The van der Waals surface area contributed by atoms with E-state index < -0.39 is 6.29 Å². The quantitative estimate of drug-likeness (QED) is 0.669. The average molecular weight is 444 g/mol. The fourth-order valence-electron chi connectivity index (χ4n) is 4.01. The molecule has 0 fully saturated rings. The highest BCUT2D eigenvalue weighted by Crippen LogP contribution is 2.26. The van der Waals surface area contributed by atoms with Gasteiger partial charge in [-0.25, -0.2) is 0 Å². The fourth-order valence-corrected chi connectivity index (χ4v) is 4.01. The van der Waals surface area contributed by atoms with Gasteiger partial charge in [0, 0.05) is 43.7 Å². The molecule has 2 aliphatic rings. The van der Waals surface area contributed by atoms with E-state index in [-0.39, 0.29) is 11.8 Å². The van der Waals surface area contributed by atoms with Gasteiger partial charge >= 0.3 is 12.2 Å². The fraction of sp³-hybridized carbons (Fsp3) is 0.240. The third-order valence-electron chi connectivity index (χ3n) is 5.76. The van der Waals surface area contributed by atoms with Crippen molar-refractivity contribution < 1.29 is 19.2 Å². The van der Waals surface area contributed by atoms with Gasteiger partial charge < -0.3 is 24.4 Å². The number of aromatic amines is 1. The number of nitrogens with zero attached hydrogens (tertiary/aromatic N) is 3. The Kier molecular flexibility index (Phi) is 5.34. The minimum atomic E-state index is -1.08. The van der Waals surface area contributed by atoms with Crippen LogP contribution in [0.25, 0.3) is 16.5 Å². The van der Waals surface area contributed by atoms with Crippen molar-refractivity contribution in [2.24, 2.45) is 5.16 Å². The predicted molar refractivity (Wildman–Crippen MR) is 124 cm³/mol. The number of H-pyrrole nitrogens is 1. The van der Waals surface area contributed by atoms with E-state index in [1.807, 2.05) is 54.6 Å². The van der Waals surface area contributed by atoms with E-state index in [9.17, 15) is 9.59 Å². The number of aromatic nitrogens is 1. The lowest BCUT2D eigenvalue weighted by molar-refractivity contribution is -0.158. The summed E-state index contributed by atoms with van der Waals surface area (Å²) in [5.41, 5.74) is 4.23. The Morgan fingerprint density at radius 1 is 1.09 bits per heavy atom. The smallest absolute Gasteiger partial charge is 0.346 e. The lowest BCUT2D eigenvalue weighted by atomic mass is 10.00. The topological polar surface area (TPSA) is 87.2 Å². The highest BCUT2D eigenvalue weighted by atomic mass is 16.8. The van der Waals surface area contributed by atoms with Crippen LogP contribution in [0.5, 0.6) is 0 Å². The molecule has 5 rings (SSSR count). The van der Waals surface area contributed by atoms with Crippen molar-refractivity contribution in [3.63, 3.8) is 0 Å². The van der Waals surface area contributed by atoms with Gasteiger partial charge in [0.05, 0.1) is 0 Å². The van der Waals surface area contributed by atoms with Crippen LogP contribution in [-0.2, 0) is 14.4 Å². The second-order valence-electron chi connectivity index (χ2n) is 8.28. The lowest BCUT2D eigenvalue weighted by Gasteiger charge is -2.28. The lowest BCUT2D eigenvalue weighted by Crippen LogP contribution is -2.42. The van der Waals surface area contributed by atoms with Crippen LogP contribution < -0.4 is 0 Å². The number of hydrogen-bond donors (Lipinski definition) is 1. The van der Waals surface area contributed by atoms with Gasteiger partial charge in [0.2, 0.25) is 0 Å². The van der Waals surface area contributed by atoms with Gasteiger partial charge in [0.25, 0.3) is 11.8 Å². The maximum Gasteiger partial charge on any atom is 0.346 e. The summed E-state index contributed by atoms with van der Waals surface area (Å²) in [7, 11) is 3.45. The number of rotatable bonds is 4. The summed E-state index contributed by atoms with van der Waals surface area (Å²) >= 11 is 0. The molecule has 33 heavy (non-hydrogen) atoms. The molecule has 2 amide bonds. The molecular weight excluding hydrogens is 420 g/mol. The Hall–Kier alpha value is -4.07. The molecule has 0 saturated carbocycles. The molecule has 0 radical (unpaired) electrons. The molecule has 2 aliphatic heterocycles. The van der Waals surface area contributed by atoms with Crippen LogP contribution in [0.15, 0.2) is 65.8 Å². The first kappa shape index (κ1) is 20.8. The number of carbonyl (C=O) groups is 2. The van der Waals surface area contributed by atoms with Crippen LogP contribution in [0.4, 0.5) is 0 Å². The van der Waals surface area contributed by atoms with Crippen molar-refractivity contribution in [2.75, 3.05) is 27.2 Å². The van der Waals surface area contributed by atoms with E-state index in [1.54, 1.807) is 23.9 Å². The summed E-state index contributed by atoms with van der Waals surface area (Å²) < 4.78 is 5.68. The third kappa shape index (κ3) is 4.07. The first-order chi connectivity index (χ1) is 16.0. The Morgan fingerprint density at radius 3 is 2.70 bits per heavy atom. The molecule has 0 aliphatic carbocycles. The van der Waals surface area contributed by atoms with Crippen LogP contribution in [0.1, 0.15) is 28.0 Å². The molecule has 3 heterocycles. The summed E-state index contributed by atoms with van der Waals surface area (Å²) in [6, 6.07) is 17.2. The zero-order valence-electron chi connectivity index (χ0n) is 18.4. The Bertz CT molecular complexity index is 1280. The molecule has 1 N–H and O–H groups in total. The van der Waals surface area contributed by atoms with Gasteiger partial charge in [-0.15, -0.1) is 0 Å². The predicted octanol–water partition coefficient (Wildman–Crippen LogP) is 3.22. The second kappa shape index (κ2) is 8.46. The molecule has 2 aromatic carbocycles. The molecule has 1 unspecified atom stereocenters. The van der Waals surface area contributed by atoms with E-state index >= 15 is 0 Å². The Labute approximate surface area is 191 Å². The molecule has 8 nitrogen and oxygen atoms in total. The first-order valence-electron chi connectivity index (χ1n) is 10.8. The zero-order valence-corrected chi connectivity index (χ0v) is 18.4. The van der Waals surface area contributed by atoms with E-state index in [0.717, 1.165) is 34.0 Å². The summed E-state index contributed by atoms with van der Waals surface area (Å²) in [4.78, 5) is 37.1. The molecule has 0 saturated heterocycles. The number of ether oxygens (including phenoxy) is 1. The van der Waals surface area contributed by atoms with Gasteiger partial charge in [-0.1, -0.05) is 36.4 Å². The second-order valence-corrected chi connectivity index (χ2v) is 8.28. The minimum absolute atomic E-state index is 0.0740. The maximum absolute atomic E-state index is 13.0. The SMILES string of the molecule is CN(C)C(=O)c1cc2ccc(C3=CCCN(C(=O)C4ON=C(c5ccccc5)O4)C3)cc2[nH]1. The molecule has 1 aromatic heterocycles. The molecule has 1 atom stereocenters. The van der Waals surface area contributed by atoms with Crippen molar-refractivity contribution in [3.05, 3.63) is 77.5 Å². The minimum Gasteiger partial charge on any atom is -0.424 e. The highest BCUT2D eigenvalue weighted by molar-refractivity contribution is 5.99. The molecule has 0 spiro atoms.